The number of hydrogen-bond acceptors (Lipinski definition) is 4. The van der Waals surface area contributed by atoms with Crippen LogP contribution in [0.25, 0.3) is 21.9 Å². The van der Waals surface area contributed by atoms with Crippen molar-refractivity contribution in [2.75, 3.05) is 25.5 Å². The zero-order valence-electron chi connectivity index (χ0n) is 16.1. The minimum absolute atomic E-state index is 0.0693. The molecule has 7 heteroatoms. The van der Waals surface area contributed by atoms with Crippen LogP contribution in [0, 0.1) is 5.92 Å². The lowest BCUT2D eigenvalue weighted by Crippen LogP contribution is -2.36. The zero-order valence-corrected chi connectivity index (χ0v) is 16.1. The van der Waals surface area contributed by atoms with Crippen molar-refractivity contribution in [3.8, 4) is 11.1 Å². The third-order valence-electron chi connectivity index (χ3n) is 5.51. The third kappa shape index (κ3) is 3.60. The van der Waals surface area contributed by atoms with E-state index in [4.69, 9.17) is 0 Å². The third-order valence-corrected chi connectivity index (χ3v) is 5.51. The monoisotopic (exact) mass is 361 g/mol. The Morgan fingerprint density at radius 1 is 1.19 bits per heavy atom. The highest BCUT2D eigenvalue weighted by atomic mass is 16.1. The molecule has 0 atom stereocenters. The van der Waals surface area contributed by atoms with E-state index >= 15 is 0 Å². The summed E-state index contributed by atoms with van der Waals surface area (Å²) in [6, 6.07) is 6.30. The first-order valence-electron chi connectivity index (χ1n) is 9.39. The number of aryl methyl sites for hydroxylation is 1. The smallest absolute Gasteiger partial charge is 0.228 e. The molecule has 0 radical (unpaired) electrons. The molecule has 138 valence electrons. The number of fused-ring (bicyclic) bond motifs is 1. The van der Waals surface area contributed by atoms with Crippen LogP contribution in [0.3, 0.4) is 0 Å². The topological polar surface area (TPSA) is 63.1 Å². The average molecular weight is 361 g/mol. The fourth-order valence-corrected chi connectivity index (χ4v) is 3.72. The number of anilines is 1. The highest BCUT2D eigenvalue weighted by molar-refractivity contribution is 6.42. The fraction of sp³-hybridized carbons (Fsp3) is 0.350. The van der Waals surface area contributed by atoms with Gasteiger partial charge in [0.1, 0.15) is 13.7 Å². The first kappa shape index (κ1) is 17.7. The lowest BCUT2D eigenvalue weighted by atomic mass is 9.89. The summed E-state index contributed by atoms with van der Waals surface area (Å²) in [5.41, 5.74) is 3.18. The number of amides is 1. The highest BCUT2D eigenvalue weighted by Gasteiger charge is 2.24. The van der Waals surface area contributed by atoms with Crippen LogP contribution in [0.2, 0.25) is 0 Å². The van der Waals surface area contributed by atoms with E-state index in [-0.39, 0.29) is 11.8 Å². The van der Waals surface area contributed by atoms with E-state index in [1.165, 1.54) is 0 Å². The summed E-state index contributed by atoms with van der Waals surface area (Å²) >= 11 is 0. The van der Waals surface area contributed by atoms with Crippen molar-refractivity contribution in [3.05, 3.63) is 36.8 Å². The number of benzene rings is 1. The van der Waals surface area contributed by atoms with E-state index in [0.29, 0.717) is 5.82 Å². The average Bonchev–Trinajstić information content (AvgIpc) is 3.11. The second-order valence-electron chi connectivity index (χ2n) is 7.50. The molecule has 0 aliphatic carbocycles. The summed E-state index contributed by atoms with van der Waals surface area (Å²) in [6.45, 7) is 1.94. The molecule has 1 aromatic carbocycles. The van der Waals surface area contributed by atoms with Gasteiger partial charge in [0.25, 0.3) is 0 Å². The van der Waals surface area contributed by atoms with E-state index in [2.05, 4.69) is 45.5 Å². The van der Waals surface area contributed by atoms with E-state index < -0.39 is 0 Å². The number of carbonyl (C=O) groups excluding carboxylic acids is 1. The molecule has 0 spiro atoms. The Hall–Kier alpha value is -2.67. The first-order chi connectivity index (χ1) is 13.0. The molecule has 1 aliphatic heterocycles. The molecule has 4 rings (SSSR count). The second kappa shape index (κ2) is 7.16. The summed E-state index contributed by atoms with van der Waals surface area (Å²) in [5, 5.41) is 9.49. The number of piperidine rings is 1. The van der Waals surface area contributed by atoms with Crippen LogP contribution in [0.4, 0.5) is 5.82 Å². The van der Waals surface area contributed by atoms with E-state index in [1.807, 2.05) is 33.5 Å². The minimum Gasteiger partial charge on any atom is -0.311 e. The summed E-state index contributed by atoms with van der Waals surface area (Å²) in [5.74, 6) is 0.816. The number of rotatable bonds is 3. The zero-order chi connectivity index (χ0) is 19.0. The molecular formula is C20H24BN5O. The molecule has 2 aromatic heterocycles. The van der Waals surface area contributed by atoms with Crippen molar-refractivity contribution in [2.24, 2.45) is 13.0 Å². The molecule has 1 saturated heterocycles. The number of pyridine rings is 1. The summed E-state index contributed by atoms with van der Waals surface area (Å²) in [6.07, 6.45) is 7.50. The van der Waals surface area contributed by atoms with Gasteiger partial charge in [-0.2, -0.15) is 5.10 Å². The van der Waals surface area contributed by atoms with Crippen LogP contribution >= 0.6 is 0 Å². The molecule has 0 bridgehead atoms. The molecular weight excluding hydrogens is 337 g/mol. The van der Waals surface area contributed by atoms with Crippen molar-refractivity contribution in [1.82, 2.24) is 19.7 Å². The van der Waals surface area contributed by atoms with E-state index in [9.17, 15) is 4.79 Å². The molecule has 0 unspecified atom stereocenters. The number of nitrogens with one attached hydrogen (secondary N) is 1. The van der Waals surface area contributed by atoms with Crippen LogP contribution in [0.5, 0.6) is 0 Å². The Labute approximate surface area is 160 Å². The highest BCUT2D eigenvalue weighted by Crippen LogP contribution is 2.24. The fourth-order valence-electron chi connectivity index (χ4n) is 3.72. The maximum Gasteiger partial charge on any atom is 0.228 e. The molecule has 1 fully saturated rings. The Kier molecular flexibility index (Phi) is 4.70. The van der Waals surface area contributed by atoms with Crippen molar-refractivity contribution in [1.29, 1.82) is 0 Å². The van der Waals surface area contributed by atoms with Gasteiger partial charge in [-0.25, -0.2) is 4.98 Å². The molecule has 1 amide bonds. The summed E-state index contributed by atoms with van der Waals surface area (Å²) in [4.78, 5) is 19.4. The molecule has 3 aromatic rings. The quantitative estimate of drug-likeness (QED) is 0.712. The number of likely N-dealkylation sites (tertiary alicyclic amines) is 1. The predicted molar refractivity (Wildman–Crippen MR) is 111 cm³/mol. The van der Waals surface area contributed by atoms with Crippen molar-refractivity contribution in [2.45, 2.75) is 12.8 Å². The molecule has 27 heavy (non-hydrogen) atoms. The molecule has 3 heterocycles. The van der Waals surface area contributed by atoms with Gasteiger partial charge in [0.05, 0.1) is 6.20 Å². The van der Waals surface area contributed by atoms with Crippen LogP contribution in [0.15, 0.2) is 36.8 Å². The minimum atomic E-state index is 0.0693. The Balaban J connectivity index is 1.61. The lowest BCUT2D eigenvalue weighted by molar-refractivity contribution is -0.121. The van der Waals surface area contributed by atoms with Crippen molar-refractivity contribution < 1.29 is 4.79 Å². The number of aromatic nitrogens is 3. The van der Waals surface area contributed by atoms with Gasteiger partial charge in [0.15, 0.2) is 0 Å². The van der Waals surface area contributed by atoms with Crippen molar-refractivity contribution >= 4 is 35.8 Å². The number of hydrogen-bond donors (Lipinski definition) is 1. The largest absolute Gasteiger partial charge is 0.311 e. The molecule has 0 saturated carbocycles. The van der Waals surface area contributed by atoms with Gasteiger partial charge in [-0.1, -0.05) is 12.1 Å². The Morgan fingerprint density at radius 3 is 2.67 bits per heavy atom. The molecule has 6 nitrogen and oxygen atoms in total. The van der Waals surface area contributed by atoms with Crippen LogP contribution in [0.1, 0.15) is 12.8 Å². The Bertz CT molecular complexity index is 991. The number of nitrogens with zero attached hydrogens (tertiary/aromatic N) is 4. The van der Waals surface area contributed by atoms with Gasteiger partial charge in [-0.3, -0.25) is 9.48 Å². The maximum atomic E-state index is 12.7. The number of carbonyl (C=O) groups is 1. The molecule has 1 aliphatic rings. The summed E-state index contributed by atoms with van der Waals surface area (Å²) < 4.78 is 1.80. The van der Waals surface area contributed by atoms with E-state index in [1.54, 1.807) is 4.68 Å². The second-order valence-corrected chi connectivity index (χ2v) is 7.50. The first-order valence-corrected chi connectivity index (χ1v) is 9.39. The van der Waals surface area contributed by atoms with Gasteiger partial charge >= 0.3 is 0 Å². The standard InChI is InChI=1S/C20H24BN5O/c1-25-7-5-13(6-8-25)20(27)24-19-18(21)17-9-14(3-4-15(17)10-22-19)16-11-23-26(2)12-16/h3-4,9-13H,5-8,21H2,1-2H3,(H,22,24,27). The van der Waals surface area contributed by atoms with E-state index in [0.717, 1.165) is 53.3 Å². The predicted octanol–water partition coefficient (Wildman–Crippen LogP) is 1.17. The normalized spacial score (nSPS) is 15.9. The van der Waals surface area contributed by atoms with Crippen LogP contribution < -0.4 is 10.8 Å². The van der Waals surface area contributed by atoms with Gasteiger partial charge in [-0.05, 0) is 60.8 Å². The van der Waals surface area contributed by atoms with Crippen molar-refractivity contribution in [3.63, 3.8) is 0 Å². The van der Waals surface area contributed by atoms with Gasteiger partial charge < -0.3 is 10.2 Å². The van der Waals surface area contributed by atoms with Gasteiger partial charge in [0, 0.05) is 30.9 Å². The van der Waals surface area contributed by atoms with Gasteiger partial charge in [-0.15, -0.1) is 0 Å². The lowest BCUT2D eigenvalue weighted by Gasteiger charge is -2.28. The van der Waals surface area contributed by atoms with Crippen LogP contribution in [-0.4, -0.2) is 53.6 Å². The SMILES string of the molecule is Bc1c(NC(=O)C2CCN(C)CC2)ncc2ccc(-c3cnn(C)c3)cc12. The summed E-state index contributed by atoms with van der Waals surface area (Å²) in [7, 11) is 6.03. The Morgan fingerprint density at radius 2 is 1.96 bits per heavy atom. The molecule has 1 N–H and O–H groups in total. The maximum absolute atomic E-state index is 12.7. The van der Waals surface area contributed by atoms with Gasteiger partial charge in [0.2, 0.25) is 5.91 Å². The van der Waals surface area contributed by atoms with Crippen LogP contribution in [-0.2, 0) is 11.8 Å².